The predicted molar refractivity (Wildman–Crippen MR) is 181 cm³/mol. The van der Waals surface area contributed by atoms with Gasteiger partial charge in [0.25, 0.3) is 0 Å². The number of hydrogen-bond acceptors (Lipinski definition) is 8. The van der Waals surface area contributed by atoms with E-state index in [1.54, 1.807) is 50.2 Å². The largest absolute Gasteiger partial charge is 0.480 e. The van der Waals surface area contributed by atoms with Crippen molar-refractivity contribution in [2.45, 2.75) is 84.0 Å². The Bertz CT molecular complexity index is 1190. The quantitative estimate of drug-likeness (QED) is 0.0389. The maximum Gasteiger partial charge on any atom is 0.326 e. The lowest BCUT2D eigenvalue weighted by Crippen LogP contribution is -2.59. The summed E-state index contributed by atoms with van der Waals surface area (Å²) in [7, 11) is 3.48. The number of carbonyl (C=O) groups is 5. The van der Waals surface area contributed by atoms with Crippen LogP contribution in [-0.2, 0) is 30.4 Å². The summed E-state index contributed by atoms with van der Waals surface area (Å²) in [5.74, 6) is -3.87. The third-order valence-corrected chi connectivity index (χ3v) is 7.43. The number of nitrogens with two attached hydrogens (primary N) is 3. The molecule has 0 unspecified atom stereocenters. The number of nitrogens with one attached hydrogen (secondary N) is 3. The zero-order chi connectivity index (χ0) is 35.7. The number of guanidine groups is 1. The summed E-state index contributed by atoms with van der Waals surface area (Å²) in [6.45, 7) is 7.46. The molecule has 0 fully saturated rings. The van der Waals surface area contributed by atoms with Crippen molar-refractivity contribution in [1.29, 1.82) is 0 Å². The molecule has 5 atom stereocenters. The van der Waals surface area contributed by atoms with E-state index in [1.165, 1.54) is 4.90 Å². The summed E-state index contributed by atoms with van der Waals surface area (Å²) >= 11 is 0. The van der Waals surface area contributed by atoms with Crippen molar-refractivity contribution in [2.24, 2.45) is 34.0 Å². The van der Waals surface area contributed by atoms with E-state index in [1.807, 2.05) is 26.8 Å². The molecule has 15 nitrogen and oxygen atoms in total. The van der Waals surface area contributed by atoms with Crippen LogP contribution >= 0.6 is 0 Å². The number of benzene rings is 1. The van der Waals surface area contributed by atoms with Crippen LogP contribution in [0, 0.1) is 11.8 Å². The Morgan fingerprint density at radius 3 is 2.11 bits per heavy atom. The summed E-state index contributed by atoms with van der Waals surface area (Å²) in [5, 5.41) is 17.9. The van der Waals surface area contributed by atoms with Crippen molar-refractivity contribution in [2.75, 3.05) is 33.9 Å². The minimum Gasteiger partial charge on any atom is -0.480 e. The normalized spacial score (nSPS) is 14.3. The molecular formula is C32H55N9O6. The van der Waals surface area contributed by atoms with E-state index in [2.05, 4.69) is 20.9 Å². The number of aliphatic carboxylic acids is 1. The Kier molecular flexibility index (Phi) is 18.0. The number of hydrogen-bond donors (Lipinski definition) is 7. The Labute approximate surface area is 278 Å². The van der Waals surface area contributed by atoms with E-state index in [0.717, 1.165) is 5.56 Å². The Morgan fingerprint density at radius 2 is 1.57 bits per heavy atom. The third kappa shape index (κ3) is 15.7. The predicted octanol–water partition coefficient (Wildman–Crippen LogP) is -0.411. The van der Waals surface area contributed by atoms with Crippen molar-refractivity contribution in [3.8, 4) is 0 Å². The van der Waals surface area contributed by atoms with Crippen molar-refractivity contribution < 1.29 is 29.1 Å². The second-order valence-electron chi connectivity index (χ2n) is 12.5. The van der Waals surface area contributed by atoms with Crippen molar-refractivity contribution in [3.05, 3.63) is 35.9 Å². The van der Waals surface area contributed by atoms with E-state index in [4.69, 9.17) is 17.2 Å². The second kappa shape index (κ2) is 20.8. The minimum atomic E-state index is -1.21. The highest BCUT2D eigenvalue weighted by Gasteiger charge is 2.33. The maximum atomic E-state index is 13.6. The Morgan fingerprint density at radius 1 is 0.936 bits per heavy atom. The maximum absolute atomic E-state index is 13.6. The highest BCUT2D eigenvalue weighted by atomic mass is 16.4. The monoisotopic (exact) mass is 661 g/mol. The lowest BCUT2D eigenvalue weighted by atomic mass is 9.96. The van der Waals surface area contributed by atoms with Crippen molar-refractivity contribution >= 4 is 35.6 Å². The van der Waals surface area contributed by atoms with Crippen molar-refractivity contribution in [1.82, 2.24) is 25.8 Å². The van der Waals surface area contributed by atoms with Gasteiger partial charge in [-0.15, -0.1) is 0 Å². The van der Waals surface area contributed by atoms with Crippen molar-refractivity contribution in [3.63, 3.8) is 0 Å². The molecule has 0 heterocycles. The molecule has 0 saturated heterocycles. The van der Waals surface area contributed by atoms with E-state index in [-0.39, 0.29) is 43.9 Å². The number of aliphatic imine (C=N–C) groups is 1. The molecule has 47 heavy (non-hydrogen) atoms. The van der Waals surface area contributed by atoms with Gasteiger partial charge in [-0.2, -0.15) is 0 Å². The van der Waals surface area contributed by atoms with Crippen LogP contribution in [0.1, 0.15) is 58.9 Å². The number of amides is 4. The van der Waals surface area contributed by atoms with Crippen LogP contribution in [0.2, 0.25) is 0 Å². The molecule has 0 saturated carbocycles. The topological polar surface area (TPSA) is 239 Å². The van der Waals surface area contributed by atoms with Crippen LogP contribution in [-0.4, -0.2) is 108 Å². The molecule has 0 bridgehead atoms. The molecule has 0 aliphatic carbocycles. The summed E-state index contributed by atoms with van der Waals surface area (Å²) in [6, 6.07) is 4.73. The standard InChI is InChI=1S/C32H55N9O6/c1-7-21(4)27(29(44)38-25(31(46)47)17-22-12-9-8-10-13-22)39-28(43)24(16-20(2)3)37-26(42)18-41(19-40(5)6)30(45)23(33)14-11-15-36-32(34)35/h8-10,12-13,20-21,23-25,27H,7,11,14-19,33H2,1-6H3,(H,37,42)(H,38,44)(H,39,43)(H,46,47)(H4,34,35,36)/t21-,23-,24-,25-,27-/m0/s1. The van der Waals surface area contributed by atoms with Gasteiger partial charge in [0, 0.05) is 13.0 Å². The molecule has 0 aliphatic rings. The van der Waals surface area contributed by atoms with Gasteiger partial charge in [-0.05, 0) is 50.8 Å². The fourth-order valence-corrected chi connectivity index (χ4v) is 4.80. The molecule has 0 radical (unpaired) electrons. The summed E-state index contributed by atoms with van der Waals surface area (Å²) < 4.78 is 0. The number of carboxylic acid groups (broad SMARTS) is 1. The zero-order valence-electron chi connectivity index (χ0n) is 28.6. The molecule has 1 rings (SSSR count). The average molecular weight is 662 g/mol. The zero-order valence-corrected chi connectivity index (χ0v) is 28.6. The molecule has 1 aromatic carbocycles. The molecule has 264 valence electrons. The van der Waals surface area contributed by atoms with Gasteiger partial charge in [0.05, 0.1) is 12.7 Å². The number of rotatable bonds is 21. The first-order valence-corrected chi connectivity index (χ1v) is 16.0. The molecule has 0 spiro atoms. The summed E-state index contributed by atoms with van der Waals surface area (Å²) in [6.07, 6.45) is 1.60. The van der Waals surface area contributed by atoms with E-state index in [9.17, 15) is 29.1 Å². The van der Waals surface area contributed by atoms with Gasteiger partial charge in [0.1, 0.15) is 24.7 Å². The lowest BCUT2D eigenvalue weighted by molar-refractivity contribution is -0.142. The Balaban J connectivity index is 3.06. The summed E-state index contributed by atoms with van der Waals surface area (Å²) in [5.41, 5.74) is 17.5. The molecule has 0 aromatic heterocycles. The molecule has 4 amide bonds. The fourth-order valence-electron chi connectivity index (χ4n) is 4.80. The number of carbonyl (C=O) groups excluding carboxylic acids is 4. The highest BCUT2D eigenvalue weighted by molar-refractivity contribution is 5.94. The van der Waals surface area contributed by atoms with E-state index >= 15 is 0 Å². The highest BCUT2D eigenvalue weighted by Crippen LogP contribution is 2.13. The average Bonchev–Trinajstić information content (AvgIpc) is 2.99. The number of carboxylic acids is 1. The molecule has 0 aliphatic heterocycles. The molecule has 1 aromatic rings. The van der Waals surface area contributed by atoms with E-state index in [0.29, 0.717) is 25.8 Å². The SMILES string of the molecule is CC[C@H](C)[C@H](NC(=O)[C@H](CC(C)C)NC(=O)CN(CN(C)C)C(=O)[C@@H](N)CCCN=C(N)N)C(=O)N[C@@H](Cc1ccccc1)C(=O)O. The number of nitrogens with zero attached hydrogens (tertiary/aromatic N) is 3. The molecule has 15 heteroatoms. The molecule has 10 N–H and O–H groups in total. The minimum absolute atomic E-state index is 0.0117. The van der Waals surface area contributed by atoms with Gasteiger partial charge < -0.3 is 43.2 Å². The van der Waals surface area contributed by atoms with Crippen LogP contribution in [0.5, 0.6) is 0 Å². The van der Waals surface area contributed by atoms with Gasteiger partial charge in [0.15, 0.2) is 5.96 Å². The lowest BCUT2D eigenvalue weighted by Gasteiger charge is -2.30. The van der Waals surface area contributed by atoms with Gasteiger partial charge in [-0.3, -0.25) is 29.1 Å². The Hall–Kier alpha value is -4.24. The van der Waals surface area contributed by atoms with Gasteiger partial charge in [0.2, 0.25) is 23.6 Å². The van der Waals surface area contributed by atoms with Gasteiger partial charge >= 0.3 is 5.97 Å². The summed E-state index contributed by atoms with van der Waals surface area (Å²) in [4.78, 5) is 72.3. The van der Waals surface area contributed by atoms with E-state index < -0.39 is 53.8 Å². The third-order valence-electron chi connectivity index (χ3n) is 7.43. The first-order chi connectivity index (χ1) is 22.0. The van der Waals surface area contributed by atoms with Crippen LogP contribution in [0.15, 0.2) is 35.3 Å². The fraction of sp³-hybridized carbons (Fsp3) is 0.625. The smallest absolute Gasteiger partial charge is 0.326 e. The van der Waals surface area contributed by atoms with Crippen LogP contribution in [0.4, 0.5) is 0 Å². The van der Waals surface area contributed by atoms with Crippen LogP contribution in [0.3, 0.4) is 0 Å². The second-order valence-corrected chi connectivity index (χ2v) is 12.5. The first-order valence-electron chi connectivity index (χ1n) is 16.0. The van der Waals surface area contributed by atoms with Gasteiger partial charge in [-0.25, -0.2) is 4.79 Å². The molecular weight excluding hydrogens is 606 g/mol. The van der Waals surface area contributed by atoms with Crippen LogP contribution in [0.25, 0.3) is 0 Å². The van der Waals surface area contributed by atoms with Gasteiger partial charge in [-0.1, -0.05) is 64.4 Å². The first kappa shape index (κ1) is 40.8. The van der Waals surface area contributed by atoms with Crippen LogP contribution < -0.4 is 33.2 Å².